The largest absolute Gasteiger partial charge is 0.451 e. The number of hydrogen-bond acceptors (Lipinski definition) is 3. The summed E-state index contributed by atoms with van der Waals surface area (Å²) < 4.78 is 4.52. The highest BCUT2D eigenvalue weighted by Gasteiger charge is 2.35. The van der Waals surface area contributed by atoms with Gasteiger partial charge in [0, 0.05) is 11.3 Å². The minimum absolute atomic E-state index is 0.0984. The molecule has 1 aliphatic heterocycles. The lowest BCUT2D eigenvalue weighted by Crippen LogP contribution is -2.26. The van der Waals surface area contributed by atoms with E-state index >= 15 is 0 Å². The number of rotatable bonds is 1. The van der Waals surface area contributed by atoms with Crippen molar-refractivity contribution in [2.24, 2.45) is 4.99 Å². The van der Waals surface area contributed by atoms with Crippen molar-refractivity contribution in [3.63, 3.8) is 0 Å². The Balaban J connectivity index is 2.15. The third-order valence-electron chi connectivity index (χ3n) is 3.20. The summed E-state index contributed by atoms with van der Waals surface area (Å²) >= 11 is 0. The van der Waals surface area contributed by atoms with Crippen LogP contribution < -0.4 is 4.90 Å². The molecule has 0 N–H and O–H groups in total. The number of aliphatic imine (C=N–C) groups is 1. The van der Waals surface area contributed by atoms with Crippen LogP contribution in [0.1, 0.15) is 5.56 Å². The van der Waals surface area contributed by atoms with E-state index in [4.69, 9.17) is 0 Å². The van der Waals surface area contributed by atoms with Crippen LogP contribution in [0.5, 0.6) is 0 Å². The molecule has 1 heterocycles. The number of carbonyl (C=O) groups is 2. The fraction of sp³-hybridized carbons (Fsp3) is 0.0625. The van der Waals surface area contributed by atoms with E-state index < -0.39 is 6.09 Å². The summed E-state index contributed by atoms with van der Waals surface area (Å²) in [6.45, 7) is 0. The fourth-order valence-electron chi connectivity index (χ4n) is 2.28. The first kappa shape index (κ1) is 13.1. The van der Waals surface area contributed by atoms with Crippen LogP contribution in [0.3, 0.4) is 0 Å². The Labute approximate surface area is 121 Å². The maximum absolute atomic E-state index is 12.6. The average Bonchev–Trinajstić information content (AvgIpc) is 2.80. The Bertz CT molecular complexity index is 738. The maximum Gasteiger partial charge on any atom is 0.434 e. The number of nitrogens with zero attached hydrogens (tertiary/aromatic N) is 2. The number of ether oxygens (including phenoxy) is 1. The molecule has 0 spiro atoms. The highest BCUT2D eigenvalue weighted by atomic mass is 16.5. The Kier molecular flexibility index (Phi) is 3.23. The number of amides is 2. The number of hydrogen-bond donors (Lipinski definition) is 0. The molecule has 0 atom stereocenters. The van der Waals surface area contributed by atoms with Crippen molar-refractivity contribution in [1.29, 1.82) is 0 Å². The fourth-order valence-corrected chi connectivity index (χ4v) is 2.28. The van der Waals surface area contributed by atoms with E-state index in [9.17, 15) is 9.59 Å². The minimum atomic E-state index is -0.789. The van der Waals surface area contributed by atoms with Gasteiger partial charge < -0.3 is 4.74 Å². The van der Waals surface area contributed by atoms with Crippen LogP contribution in [0.4, 0.5) is 16.2 Å². The molecule has 0 aromatic heterocycles. The molecule has 2 aromatic carbocycles. The van der Waals surface area contributed by atoms with Crippen LogP contribution in [-0.2, 0) is 9.53 Å². The van der Waals surface area contributed by atoms with Crippen LogP contribution in [0, 0.1) is 0 Å². The van der Waals surface area contributed by atoms with Gasteiger partial charge in [-0.15, -0.1) is 0 Å². The van der Waals surface area contributed by atoms with Gasteiger partial charge in [-0.05, 0) is 18.2 Å². The van der Waals surface area contributed by atoms with Gasteiger partial charge in [0.25, 0.3) is 5.91 Å². The van der Waals surface area contributed by atoms with Gasteiger partial charge in [-0.1, -0.05) is 36.4 Å². The second kappa shape index (κ2) is 5.20. The van der Waals surface area contributed by atoms with Gasteiger partial charge in [-0.25, -0.2) is 4.79 Å². The normalized spacial score (nSPS) is 15.2. The molecule has 0 aliphatic carbocycles. The number of para-hydroxylation sites is 2. The van der Waals surface area contributed by atoms with E-state index in [1.165, 1.54) is 12.0 Å². The molecule has 5 nitrogen and oxygen atoms in total. The highest BCUT2D eigenvalue weighted by molar-refractivity contribution is 6.56. The monoisotopic (exact) mass is 280 g/mol. The summed E-state index contributed by atoms with van der Waals surface area (Å²) in [6, 6.07) is 16.4. The Morgan fingerprint density at radius 1 is 1.05 bits per heavy atom. The number of methoxy groups -OCH3 is 1. The quantitative estimate of drug-likeness (QED) is 0.807. The topological polar surface area (TPSA) is 59.0 Å². The summed E-state index contributed by atoms with van der Waals surface area (Å²) in [5.74, 6) is -0.340. The molecule has 0 bridgehead atoms. The number of carbonyl (C=O) groups excluding carboxylic acids is 2. The van der Waals surface area contributed by atoms with Crippen molar-refractivity contribution in [3.05, 3.63) is 60.2 Å². The van der Waals surface area contributed by atoms with Gasteiger partial charge in [0.1, 0.15) is 5.71 Å². The minimum Gasteiger partial charge on any atom is -0.451 e. The van der Waals surface area contributed by atoms with E-state index in [-0.39, 0.29) is 11.6 Å². The van der Waals surface area contributed by atoms with Gasteiger partial charge in [0.2, 0.25) is 0 Å². The average molecular weight is 280 g/mol. The van der Waals surface area contributed by atoms with Gasteiger partial charge >= 0.3 is 6.09 Å². The van der Waals surface area contributed by atoms with Crippen LogP contribution in [0.15, 0.2) is 59.6 Å². The lowest BCUT2D eigenvalue weighted by atomic mass is 10.1. The third-order valence-corrected chi connectivity index (χ3v) is 3.20. The molecule has 21 heavy (non-hydrogen) atoms. The molecule has 0 saturated carbocycles. The molecule has 5 heteroatoms. The van der Waals surface area contributed by atoms with Gasteiger partial charge in [0.05, 0.1) is 12.8 Å². The van der Waals surface area contributed by atoms with E-state index in [0.29, 0.717) is 11.3 Å². The van der Waals surface area contributed by atoms with Gasteiger partial charge in [-0.2, -0.15) is 4.99 Å². The smallest absolute Gasteiger partial charge is 0.434 e. The van der Waals surface area contributed by atoms with Crippen LogP contribution >= 0.6 is 0 Å². The lowest BCUT2D eigenvalue weighted by Gasteiger charge is -2.16. The van der Waals surface area contributed by atoms with Crippen LogP contribution in [-0.4, -0.2) is 24.8 Å². The summed E-state index contributed by atoms with van der Waals surface area (Å²) in [4.78, 5) is 29.3. The maximum atomic E-state index is 12.6. The molecule has 1 aliphatic rings. The summed E-state index contributed by atoms with van der Waals surface area (Å²) in [7, 11) is 1.23. The third kappa shape index (κ3) is 2.18. The number of anilines is 2. The predicted molar refractivity (Wildman–Crippen MR) is 79.0 cm³/mol. The standard InChI is InChI=1S/C16H12N2O3/c1-21-16(20)17-14-12-9-5-6-10-13(12)18(15(14)19)11-7-3-2-4-8-11/h2-10H,1H3/b17-14+. The molecule has 0 saturated heterocycles. The van der Waals surface area contributed by atoms with Crippen LogP contribution in [0.2, 0.25) is 0 Å². The molecule has 3 rings (SSSR count). The molecule has 0 radical (unpaired) electrons. The van der Waals surface area contributed by atoms with Crippen LogP contribution in [0.25, 0.3) is 0 Å². The molecular weight excluding hydrogens is 268 g/mol. The highest BCUT2D eigenvalue weighted by Crippen LogP contribution is 2.35. The second-order valence-electron chi connectivity index (χ2n) is 4.42. The summed E-state index contributed by atoms with van der Waals surface area (Å²) in [5.41, 5.74) is 2.15. The summed E-state index contributed by atoms with van der Waals surface area (Å²) in [6.07, 6.45) is -0.789. The van der Waals surface area contributed by atoms with Crippen molar-refractivity contribution >= 4 is 29.1 Å². The van der Waals surface area contributed by atoms with Crippen molar-refractivity contribution < 1.29 is 14.3 Å². The molecule has 2 amide bonds. The lowest BCUT2D eigenvalue weighted by molar-refractivity contribution is -0.111. The number of benzene rings is 2. The van der Waals surface area contributed by atoms with E-state index in [2.05, 4.69) is 9.73 Å². The van der Waals surface area contributed by atoms with Gasteiger partial charge in [-0.3, -0.25) is 9.69 Å². The first-order chi connectivity index (χ1) is 10.2. The van der Waals surface area contributed by atoms with Crippen molar-refractivity contribution in [1.82, 2.24) is 0 Å². The molecule has 2 aromatic rings. The zero-order valence-corrected chi connectivity index (χ0v) is 11.3. The second-order valence-corrected chi connectivity index (χ2v) is 4.42. The van der Waals surface area contributed by atoms with Crippen molar-refractivity contribution in [2.45, 2.75) is 0 Å². The zero-order valence-electron chi connectivity index (χ0n) is 11.3. The van der Waals surface area contributed by atoms with Gasteiger partial charge in [0.15, 0.2) is 0 Å². The molecule has 0 unspecified atom stereocenters. The van der Waals surface area contributed by atoms with Crippen molar-refractivity contribution in [2.75, 3.05) is 12.0 Å². The molecule has 104 valence electrons. The Hall–Kier alpha value is -2.95. The van der Waals surface area contributed by atoms with E-state index in [1.54, 1.807) is 12.1 Å². The first-order valence-corrected chi connectivity index (χ1v) is 6.38. The summed E-state index contributed by atoms with van der Waals surface area (Å²) in [5, 5.41) is 0. The zero-order chi connectivity index (χ0) is 14.8. The van der Waals surface area contributed by atoms with Crippen molar-refractivity contribution in [3.8, 4) is 0 Å². The first-order valence-electron chi connectivity index (χ1n) is 6.38. The number of fused-ring (bicyclic) bond motifs is 1. The Morgan fingerprint density at radius 2 is 1.71 bits per heavy atom. The van der Waals surface area contributed by atoms with E-state index in [1.807, 2.05) is 42.5 Å². The Morgan fingerprint density at radius 3 is 2.43 bits per heavy atom. The molecular formula is C16H12N2O3. The van der Waals surface area contributed by atoms with E-state index in [0.717, 1.165) is 5.69 Å². The predicted octanol–water partition coefficient (Wildman–Crippen LogP) is 2.92. The SMILES string of the molecule is COC(=O)/N=C1/C(=O)N(c2ccccc2)c2ccccc21. The molecule has 0 fully saturated rings.